The van der Waals surface area contributed by atoms with Gasteiger partial charge in [0.05, 0.1) is 6.42 Å². The molecule has 1 aliphatic carbocycles. The summed E-state index contributed by atoms with van der Waals surface area (Å²) in [4.78, 5) is 12.0. The fourth-order valence-electron chi connectivity index (χ4n) is 3.52. The van der Waals surface area contributed by atoms with Crippen molar-refractivity contribution in [3.63, 3.8) is 0 Å². The van der Waals surface area contributed by atoms with E-state index < -0.39 is 0 Å². The van der Waals surface area contributed by atoms with E-state index in [4.69, 9.17) is 0 Å². The van der Waals surface area contributed by atoms with Crippen LogP contribution in [0, 0.1) is 17.7 Å². The van der Waals surface area contributed by atoms with Crippen molar-refractivity contribution in [1.29, 1.82) is 0 Å². The van der Waals surface area contributed by atoms with Crippen molar-refractivity contribution in [3.8, 4) is 0 Å². The van der Waals surface area contributed by atoms with Gasteiger partial charge in [-0.25, -0.2) is 4.39 Å². The van der Waals surface area contributed by atoms with E-state index in [9.17, 15) is 9.18 Å². The first kappa shape index (κ1) is 13.6. The van der Waals surface area contributed by atoms with Crippen molar-refractivity contribution >= 4 is 5.91 Å². The number of carbonyl (C=O) groups excluding carboxylic acids is 1. The SMILES string of the molecule is O=C(Cc1ccccc1F)NC1CC[C@H]2CNC[C@H]2C1. The molecule has 108 valence electrons. The van der Waals surface area contributed by atoms with Gasteiger partial charge in [0.25, 0.3) is 0 Å². The summed E-state index contributed by atoms with van der Waals surface area (Å²) in [5.74, 6) is 1.12. The average Bonchev–Trinajstić information content (AvgIpc) is 2.89. The van der Waals surface area contributed by atoms with Gasteiger partial charge in [-0.3, -0.25) is 4.79 Å². The second kappa shape index (κ2) is 5.92. The van der Waals surface area contributed by atoms with Gasteiger partial charge in [0.1, 0.15) is 5.82 Å². The van der Waals surface area contributed by atoms with E-state index in [0.29, 0.717) is 11.5 Å². The minimum atomic E-state index is -0.300. The largest absolute Gasteiger partial charge is 0.353 e. The molecule has 0 bridgehead atoms. The first-order valence-electron chi connectivity index (χ1n) is 7.46. The monoisotopic (exact) mass is 276 g/mol. The molecule has 0 aromatic heterocycles. The van der Waals surface area contributed by atoms with Gasteiger partial charge in [-0.2, -0.15) is 0 Å². The highest BCUT2D eigenvalue weighted by atomic mass is 19.1. The molecular weight excluding hydrogens is 255 g/mol. The molecule has 0 radical (unpaired) electrons. The topological polar surface area (TPSA) is 41.1 Å². The zero-order valence-corrected chi connectivity index (χ0v) is 11.6. The van der Waals surface area contributed by atoms with E-state index in [1.807, 2.05) is 0 Å². The number of amides is 1. The molecule has 20 heavy (non-hydrogen) atoms. The minimum absolute atomic E-state index is 0.0653. The number of halogens is 1. The first-order chi connectivity index (χ1) is 9.72. The molecule has 2 fully saturated rings. The van der Waals surface area contributed by atoms with Gasteiger partial charge in [0.2, 0.25) is 5.91 Å². The predicted molar refractivity (Wildman–Crippen MR) is 75.7 cm³/mol. The third-order valence-electron chi connectivity index (χ3n) is 4.63. The normalized spacial score (nSPS) is 28.9. The number of hydrogen-bond acceptors (Lipinski definition) is 2. The lowest BCUT2D eigenvalue weighted by Crippen LogP contribution is -2.41. The van der Waals surface area contributed by atoms with Crippen molar-refractivity contribution in [2.24, 2.45) is 11.8 Å². The summed E-state index contributed by atoms with van der Waals surface area (Å²) in [5, 5.41) is 6.50. The summed E-state index contributed by atoms with van der Waals surface area (Å²) in [6.45, 7) is 2.20. The van der Waals surface area contributed by atoms with Gasteiger partial charge in [-0.15, -0.1) is 0 Å². The Hall–Kier alpha value is -1.42. The summed E-state index contributed by atoms with van der Waals surface area (Å²) in [6, 6.07) is 6.74. The molecule has 1 saturated heterocycles. The first-order valence-corrected chi connectivity index (χ1v) is 7.46. The Morgan fingerprint density at radius 3 is 2.90 bits per heavy atom. The van der Waals surface area contributed by atoms with Crippen LogP contribution >= 0.6 is 0 Å². The summed E-state index contributed by atoms with van der Waals surface area (Å²) in [5.41, 5.74) is 0.473. The van der Waals surface area contributed by atoms with Gasteiger partial charge in [0.15, 0.2) is 0 Å². The van der Waals surface area contributed by atoms with Crippen LogP contribution in [0.4, 0.5) is 4.39 Å². The van der Waals surface area contributed by atoms with Gasteiger partial charge in [-0.1, -0.05) is 18.2 Å². The van der Waals surface area contributed by atoms with Crippen LogP contribution in [0.3, 0.4) is 0 Å². The van der Waals surface area contributed by atoms with Crippen LogP contribution in [-0.2, 0) is 11.2 Å². The lowest BCUT2D eigenvalue weighted by molar-refractivity contribution is -0.121. The van der Waals surface area contributed by atoms with Crippen LogP contribution in [0.1, 0.15) is 24.8 Å². The molecule has 3 atom stereocenters. The van der Waals surface area contributed by atoms with Gasteiger partial charge >= 0.3 is 0 Å². The smallest absolute Gasteiger partial charge is 0.224 e. The lowest BCUT2D eigenvalue weighted by Gasteiger charge is -2.31. The highest BCUT2D eigenvalue weighted by Crippen LogP contribution is 2.32. The Labute approximate surface area is 118 Å². The molecule has 1 saturated carbocycles. The summed E-state index contributed by atoms with van der Waals surface area (Å²) >= 11 is 0. The molecule has 1 heterocycles. The predicted octanol–water partition coefficient (Wildman–Crippen LogP) is 1.87. The second-order valence-corrected chi connectivity index (χ2v) is 6.02. The zero-order chi connectivity index (χ0) is 13.9. The molecule has 1 aliphatic heterocycles. The molecule has 1 aromatic rings. The van der Waals surface area contributed by atoms with E-state index in [-0.39, 0.29) is 24.2 Å². The van der Waals surface area contributed by atoms with E-state index in [0.717, 1.165) is 31.8 Å². The lowest BCUT2D eigenvalue weighted by atomic mass is 9.79. The van der Waals surface area contributed by atoms with Gasteiger partial charge in [0, 0.05) is 6.04 Å². The van der Waals surface area contributed by atoms with Gasteiger partial charge < -0.3 is 10.6 Å². The maximum absolute atomic E-state index is 13.5. The van der Waals surface area contributed by atoms with Crippen LogP contribution in [-0.4, -0.2) is 25.0 Å². The molecule has 1 aromatic carbocycles. The van der Waals surface area contributed by atoms with E-state index in [1.165, 1.54) is 12.5 Å². The fourth-order valence-corrected chi connectivity index (χ4v) is 3.52. The van der Waals surface area contributed by atoms with Crippen molar-refractivity contribution in [3.05, 3.63) is 35.6 Å². The van der Waals surface area contributed by atoms with E-state index >= 15 is 0 Å². The van der Waals surface area contributed by atoms with Crippen LogP contribution in [0.25, 0.3) is 0 Å². The number of carbonyl (C=O) groups is 1. The molecular formula is C16H21FN2O. The summed E-state index contributed by atoms with van der Waals surface area (Å²) in [7, 11) is 0. The number of rotatable bonds is 3. The maximum atomic E-state index is 13.5. The number of benzene rings is 1. The number of nitrogens with one attached hydrogen (secondary N) is 2. The van der Waals surface area contributed by atoms with Gasteiger partial charge in [-0.05, 0) is 55.8 Å². The fraction of sp³-hybridized carbons (Fsp3) is 0.562. The van der Waals surface area contributed by atoms with Crippen molar-refractivity contribution in [2.45, 2.75) is 31.7 Å². The molecule has 2 aliphatic rings. The van der Waals surface area contributed by atoms with Crippen LogP contribution in [0.2, 0.25) is 0 Å². The Morgan fingerprint density at radius 1 is 1.25 bits per heavy atom. The van der Waals surface area contributed by atoms with Crippen LogP contribution in [0.15, 0.2) is 24.3 Å². The second-order valence-electron chi connectivity index (χ2n) is 6.02. The van der Waals surface area contributed by atoms with E-state index in [2.05, 4.69) is 10.6 Å². The Morgan fingerprint density at radius 2 is 2.05 bits per heavy atom. The standard InChI is InChI=1S/C16H21FN2O/c17-15-4-2-1-3-11(15)8-16(20)19-14-6-5-12-9-18-10-13(12)7-14/h1-4,12-14,18H,5-10H2,(H,19,20)/t12-,13+,14?/m0/s1. The number of fused-ring (bicyclic) bond motifs is 1. The highest BCUT2D eigenvalue weighted by Gasteiger charge is 2.34. The van der Waals surface area contributed by atoms with Crippen molar-refractivity contribution in [1.82, 2.24) is 10.6 Å². The molecule has 4 heteroatoms. The summed E-state index contributed by atoms with van der Waals surface area (Å²) < 4.78 is 13.5. The minimum Gasteiger partial charge on any atom is -0.353 e. The number of hydrogen-bond donors (Lipinski definition) is 2. The summed E-state index contributed by atoms with van der Waals surface area (Å²) in [6.07, 6.45) is 3.42. The van der Waals surface area contributed by atoms with E-state index in [1.54, 1.807) is 18.2 Å². The van der Waals surface area contributed by atoms with Crippen LogP contribution in [0.5, 0.6) is 0 Å². The zero-order valence-electron chi connectivity index (χ0n) is 11.6. The molecule has 3 rings (SSSR count). The maximum Gasteiger partial charge on any atom is 0.224 e. The molecule has 1 unspecified atom stereocenters. The third-order valence-corrected chi connectivity index (χ3v) is 4.63. The molecule has 0 spiro atoms. The molecule has 2 N–H and O–H groups in total. The molecule has 1 amide bonds. The average molecular weight is 276 g/mol. The third kappa shape index (κ3) is 3.01. The molecule has 3 nitrogen and oxygen atoms in total. The Bertz CT molecular complexity index is 491. The Kier molecular flexibility index (Phi) is 4.01. The highest BCUT2D eigenvalue weighted by molar-refractivity contribution is 5.78. The quantitative estimate of drug-likeness (QED) is 0.885. The Balaban J connectivity index is 1.53. The van der Waals surface area contributed by atoms with Crippen molar-refractivity contribution < 1.29 is 9.18 Å². The van der Waals surface area contributed by atoms with Crippen LogP contribution < -0.4 is 10.6 Å². The van der Waals surface area contributed by atoms with Crippen molar-refractivity contribution in [2.75, 3.05) is 13.1 Å².